The Bertz CT molecular complexity index is 864. The smallest absolute Gasteiger partial charge is 0.319 e. The van der Waals surface area contributed by atoms with Crippen molar-refractivity contribution < 1.29 is 14.4 Å². The number of piperidine rings is 1. The van der Waals surface area contributed by atoms with Gasteiger partial charge in [-0.1, -0.05) is 11.6 Å². The number of fused-ring (bicyclic) bond motifs is 1. The first-order chi connectivity index (χ1) is 14.2. The molecule has 0 aliphatic carbocycles. The molecule has 0 radical (unpaired) electrons. The third kappa shape index (κ3) is 3.14. The van der Waals surface area contributed by atoms with Crippen LogP contribution in [0.5, 0.6) is 0 Å². The van der Waals surface area contributed by atoms with Crippen LogP contribution in [0.1, 0.15) is 29.6 Å². The molecule has 7 nitrogen and oxygen atoms in total. The van der Waals surface area contributed by atoms with E-state index in [1.807, 2.05) is 16.8 Å². The fourth-order valence-corrected chi connectivity index (χ4v) is 5.73. The fourth-order valence-electron chi connectivity index (χ4n) is 5.60. The number of carbonyl (C=O) groups excluding carboxylic acids is 3. The molecular weight excluding hydrogens is 404 g/mol. The highest BCUT2D eigenvalue weighted by Gasteiger charge is 2.65. The Hall–Kier alpha value is -2.28. The molecule has 4 rings (SSSR count). The lowest BCUT2D eigenvalue weighted by Gasteiger charge is -2.46. The number of carbonyl (C=O) groups is 3. The molecule has 4 amide bonds. The quantitative estimate of drug-likeness (QED) is 0.684. The first-order valence-electron chi connectivity index (χ1n) is 10.5. The van der Waals surface area contributed by atoms with Crippen LogP contribution in [0.4, 0.5) is 4.79 Å². The number of halogens is 1. The Labute approximate surface area is 182 Å². The van der Waals surface area contributed by atoms with Gasteiger partial charge in [0.05, 0.1) is 5.41 Å². The molecule has 3 saturated heterocycles. The summed E-state index contributed by atoms with van der Waals surface area (Å²) in [7, 11) is 5.34. The minimum absolute atomic E-state index is 0.00958. The first-order valence-corrected chi connectivity index (χ1v) is 10.8. The van der Waals surface area contributed by atoms with Crippen LogP contribution in [0, 0.1) is 10.8 Å². The molecule has 3 fully saturated rings. The van der Waals surface area contributed by atoms with Gasteiger partial charge in [0.25, 0.3) is 5.91 Å². The van der Waals surface area contributed by atoms with E-state index in [2.05, 4.69) is 0 Å². The van der Waals surface area contributed by atoms with Crippen molar-refractivity contribution in [2.75, 3.05) is 53.9 Å². The van der Waals surface area contributed by atoms with Crippen molar-refractivity contribution >= 4 is 29.4 Å². The van der Waals surface area contributed by atoms with Crippen molar-refractivity contribution in [3.05, 3.63) is 34.9 Å². The van der Waals surface area contributed by atoms with Gasteiger partial charge in [-0.2, -0.15) is 0 Å². The lowest BCUT2D eigenvalue weighted by molar-refractivity contribution is -0.141. The van der Waals surface area contributed by atoms with Crippen LogP contribution in [0.3, 0.4) is 0 Å². The SMILES string of the molecule is CN(C)C(=O)N1CC2(CCN(C(=O)c3ccc(Cl)cc3)CC2)C2(CCN(C)C2=O)C1. The van der Waals surface area contributed by atoms with Gasteiger partial charge in [-0.3, -0.25) is 9.59 Å². The highest BCUT2D eigenvalue weighted by Crippen LogP contribution is 2.57. The third-order valence-corrected chi connectivity index (χ3v) is 7.60. The van der Waals surface area contributed by atoms with E-state index < -0.39 is 5.41 Å². The molecular formula is C22H29ClN4O3. The van der Waals surface area contributed by atoms with Gasteiger partial charge in [-0.25, -0.2) is 4.79 Å². The van der Waals surface area contributed by atoms with E-state index in [1.165, 1.54) is 0 Å². The predicted octanol–water partition coefficient (Wildman–Crippen LogP) is 2.41. The summed E-state index contributed by atoms with van der Waals surface area (Å²) in [5, 5.41) is 0.603. The number of benzene rings is 1. The Morgan fingerprint density at radius 1 is 0.967 bits per heavy atom. The molecule has 3 aliphatic rings. The van der Waals surface area contributed by atoms with Gasteiger partial charge >= 0.3 is 6.03 Å². The minimum atomic E-state index is -0.539. The Balaban J connectivity index is 1.56. The van der Waals surface area contributed by atoms with E-state index in [-0.39, 0.29) is 23.3 Å². The largest absolute Gasteiger partial charge is 0.345 e. The van der Waals surface area contributed by atoms with E-state index in [4.69, 9.17) is 11.6 Å². The minimum Gasteiger partial charge on any atom is -0.345 e. The number of amides is 4. The van der Waals surface area contributed by atoms with Crippen LogP contribution in [-0.2, 0) is 4.79 Å². The number of urea groups is 1. The van der Waals surface area contributed by atoms with Crippen LogP contribution in [0.25, 0.3) is 0 Å². The van der Waals surface area contributed by atoms with E-state index in [0.717, 1.165) is 25.8 Å². The second-order valence-electron chi connectivity index (χ2n) is 9.17. The molecule has 0 aromatic heterocycles. The molecule has 3 aliphatic heterocycles. The molecule has 1 atom stereocenters. The van der Waals surface area contributed by atoms with Gasteiger partial charge < -0.3 is 19.6 Å². The van der Waals surface area contributed by atoms with Gasteiger partial charge in [0.15, 0.2) is 0 Å². The second-order valence-corrected chi connectivity index (χ2v) is 9.61. The van der Waals surface area contributed by atoms with E-state index in [0.29, 0.717) is 36.8 Å². The zero-order valence-corrected chi connectivity index (χ0v) is 18.6. The molecule has 8 heteroatoms. The molecule has 0 saturated carbocycles. The van der Waals surface area contributed by atoms with Crippen molar-refractivity contribution in [3.63, 3.8) is 0 Å². The topological polar surface area (TPSA) is 64.2 Å². The first kappa shape index (κ1) is 21.0. The number of rotatable bonds is 1. The van der Waals surface area contributed by atoms with Crippen molar-refractivity contribution in [1.29, 1.82) is 0 Å². The average Bonchev–Trinajstić information content (AvgIpc) is 3.21. The maximum absolute atomic E-state index is 13.3. The van der Waals surface area contributed by atoms with Gasteiger partial charge in [0.2, 0.25) is 5.91 Å². The maximum Gasteiger partial charge on any atom is 0.319 e. The van der Waals surface area contributed by atoms with Gasteiger partial charge in [-0.05, 0) is 43.5 Å². The standard InChI is InChI=1S/C22H29ClN4O3/c1-24(2)20(30)27-14-21(22(15-27)10-11-25(3)19(22)29)8-12-26(13-9-21)18(28)16-4-6-17(23)7-5-16/h4-7H,8-15H2,1-3H3. The molecule has 3 heterocycles. The van der Waals surface area contributed by atoms with Crippen molar-refractivity contribution in [1.82, 2.24) is 19.6 Å². The summed E-state index contributed by atoms with van der Waals surface area (Å²) in [6.45, 7) is 2.94. The average molecular weight is 433 g/mol. The molecule has 30 heavy (non-hydrogen) atoms. The summed E-state index contributed by atoms with van der Waals surface area (Å²) in [5.74, 6) is 0.138. The number of hydrogen-bond donors (Lipinski definition) is 0. The lowest BCUT2D eigenvalue weighted by atomic mass is 9.60. The zero-order valence-electron chi connectivity index (χ0n) is 17.9. The summed E-state index contributed by atoms with van der Waals surface area (Å²) in [6.07, 6.45) is 2.22. The summed E-state index contributed by atoms with van der Waals surface area (Å²) in [5.41, 5.74) is -0.197. The van der Waals surface area contributed by atoms with E-state index >= 15 is 0 Å². The van der Waals surface area contributed by atoms with Crippen LogP contribution in [0.15, 0.2) is 24.3 Å². The molecule has 0 N–H and O–H groups in total. The predicted molar refractivity (Wildman–Crippen MR) is 114 cm³/mol. The molecule has 1 aromatic carbocycles. The maximum atomic E-state index is 13.3. The highest BCUT2D eigenvalue weighted by atomic mass is 35.5. The van der Waals surface area contributed by atoms with Crippen LogP contribution in [0.2, 0.25) is 5.02 Å². The van der Waals surface area contributed by atoms with Crippen molar-refractivity contribution in [2.45, 2.75) is 19.3 Å². The van der Waals surface area contributed by atoms with Gasteiger partial charge in [0, 0.05) is 69.9 Å². The number of likely N-dealkylation sites (tertiary alicyclic amines) is 3. The van der Waals surface area contributed by atoms with E-state index in [9.17, 15) is 14.4 Å². The fraction of sp³-hybridized carbons (Fsp3) is 0.591. The van der Waals surface area contributed by atoms with Crippen molar-refractivity contribution in [2.24, 2.45) is 10.8 Å². The Morgan fingerprint density at radius 3 is 2.13 bits per heavy atom. The molecule has 1 unspecified atom stereocenters. The Kier molecular flexibility index (Phi) is 5.21. The Morgan fingerprint density at radius 2 is 1.60 bits per heavy atom. The summed E-state index contributed by atoms with van der Waals surface area (Å²) in [6, 6.07) is 6.90. The monoisotopic (exact) mass is 432 g/mol. The summed E-state index contributed by atoms with van der Waals surface area (Å²) < 4.78 is 0. The second kappa shape index (κ2) is 7.45. The van der Waals surface area contributed by atoms with Crippen LogP contribution >= 0.6 is 11.6 Å². The third-order valence-electron chi connectivity index (χ3n) is 7.35. The highest BCUT2D eigenvalue weighted by molar-refractivity contribution is 6.30. The summed E-state index contributed by atoms with van der Waals surface area (Å²) in [4.78, 5) is 46.1. The zero-order chi connectivity index (χ0) is 21.7. The van der Waals surface area contributed by atoms with Crippen LogP contribution < -0.4 is 0 Å². The molecule has 2 spiro atoms. The molecule has 0 bridgehead atoms. The van der Waals surface area contributed by atoms with E-state index in [1.54, 1.807) is 48.2 Å². The van der Waals surface area contributed by atoms with Crippen LogP contribution in [-0.4, -0.2) is 91.3 Å². The summed E-state index contributed by atoms with van der Waals surface area (Å²) >= 11 is 5.94. The van der Waals surface area contributed by atoms with Gasteiger partial charge in [-0.15, -0.1) is 0 Å². The lowest BCUT2D eigenvalue weighted by Crippen LogP contribution is -2.53. The van der Waals surface area contributed by atoms with Crippen molar-refractivity contribution in [3.8, 4) is 0 Å². The van der Waals surface area contributed by atoms with Gasteiger partial charge in [0.1, 0.15) is 0 Å². The normalized spacial score (nSPS) is 25.5. The molecule has 162 valence electrons. The number of nitrogens with zero attached hydrogens (tertiary/aromatic N) is 4. The molecule has 1 aromatic rings. The number of hydrogen-bond acceptors (Lipinski definition) is 3.